The molecule has 3 aliphatic carbocycles. The minimum Gasteiger partial charge on any atom is -0.432 e. The number of aliphatic hydroxyl groups is 6. The maximum absolute atomic E-state index is 13.6. The van der Waals surface area contributed by atoms with Crippen LogP contribution in [0.4, 0.5) is 0 Å². The van der Waals surface area contributed by atoms with Crippen molar-refractivity contribution in [1.29, 1.82) is 0 Å². The summed E-state index contributed by atoms with van der Waals surface area (Å²) in [6.45, 7) is 5.31. The molecule has 4 aliphatic rings. The SMILES string of the molecule is C[C@@]1([C@H](O)CO)CC=C2[C@@H](CC[C@H]3[C@@]2(C)CCC[C@]3(C)C(=O)O[C@@H]2O[C@H](CO)[C@H](O)[C@H](O)[C@H]2O)C1. The summed E-state index contributed by atoms with van der Waals surface area (Å²) in [5.74, 6) is -0.205. The summed E-state index contributed by atoms with van der Waals surface area (Å²) >= 11 is 0. The smallest absolute Gasteiger partial charge is 0.314 e. The van der Waals surface area contributed by atoms with Crippen molar-refractivity contribution in [2.24, 2.45) is 28.1 Å². The van der Waals surface area contributed by atoms with Crippen LogP contribution in [0.25, 0.3) is 0 Å². The Balaban J connectivity index is 1.56. The van der Waals surface area contributed by atoms with Crippen LogP contribution in [0.15, 0.2) is 11.6 Å². The Hall–Kier alpha value is -1.07. The van der Waals surface area contributed by atoms with Crippen LogP contribution in [0.5, 0.6) is 0 Å². The van der Waals surface area contributed by atoms with Crippen LogP contribution in [0.2, 0.25) is 0 Å². The third kappa shape index (κ3) is 4.37. The molecule has 9 heteroatoms. The molecule has 0 amide bonds. The van der Waals surface area contributed by atoms with Gasteiger partial charge in [0, 0.05) is 0 Å². The number of esters is 1. The lowest BCUT2D eigenvalue weighted by Crippen LogP contribution is -2.61. The highest BCUT2D eigenvalue weighted by atomic mass is 16.7. The summed E-state index contributed by atoms with van der Waals surface area (Å²) in [6, 6.07) is 0. The summed E-state index contributed by atoms with van der Waals surface area (Å²) in [5, 5.41) is 59.9. The predicted molar refractivity (Wildman–Crippen MR) is 125 cm³/mol. The summed E-state index contributed by atoms with van der Waals surface area (Å²) < 4.78 is 11.1. The lowest BCUT2D eigenvalue weighted by molar-refractivity contribution is -0.297. The summed E-state index contributed by atoms with van der Waals surface area (Å²) in [5.41, 5.74) is -0.0757. The molecule has 0 radical (unpaired) electrons. The van der Waals surface area contributed by atoms with Crippen LogP contribution in [-0.4, -0.2) is 86.6 Å². The predicted octanol–water partition coefficient (Wildman–Crippen LogP) is 0.632. The molecule has 6 N–H and O–H groups in total. The van der Waals surface area contributed by atoms with Crippen molar-refractivity contribution < 1.29 is 44.9 Å². The van der Waals surface area contributed by atoms with Crippen molar-refractivity contribution in [3.05, 3.63) is 11.6 Å². The van der Waals surface area contributed by atoms with Gasteiger partial charge in [-0.2, -0.15) is 0 Å². The monoisotopic (exact) mass is 498 g/mol. The average Bonchev–Trinajstić information content (AvgIpc) is 2.83. The molecule has 9 nitrogen and oxygen atoms in total. The molecule has 35 heavy (non-hydrogen) atoms. The normalized spacial score (nSPS) is 48.8. The fourth-order valence-corrected chi connectivity index (χ4v) is 7.59. The topological polar surface area (TPSA) is 157 Å². The van der Waals surface area contributed by atoms with E-state index in [0.717, 1.165) is 32.1 Å². The van der Waals surface area contributed by atoms with Gasteiger partial charge in [0.25, 0.3) is 0 Å². The van der Waals surface area contributed by atoms with E-state index in [1.54, 1.807) is 0 Å². The molecule has 4 rings (SSSR count). The molecule has 0 aromatic heterocycles. The van der Waals surface area contributed by atoms with Gasteiger partial charge in [0.15, 0.2) is 0 Å². The van der Waals surface area contributed by atoms with Gasteiger partial charge < -0.3 is 40.1 Å². The van der Waals surface area contributed by atoms with Crippen molar-refractivity contribution >= 4 is 5.97 Å². The van der Waals surface area contributed by atoms with Gasteiger partial charge >= 0.3 is 5.97 Å². The van der Waals surface area contributed by atoms with Gasteiger partial charge in [-0.1, -0.05) is 31.9 Å². The maximum Gasteiger partial charge on any atom is 0.314 e. The Bertz CT molecular complexity index is 830. The van der Waals surface area contributed by atoms with Crippen molar-refractivity contribution in [1.82, 2.24) is 0 Å². The van der Waals surface area contributed by atoms with E-state index in [-0.39, 0.29) is 23.4 Å². The molecule has 11 atom stereocenters. The lowest BCUT2D eigenvalue weighted by atomic mass is 9.46. The van der Waals surface area contributed by atoms with Gasteiger partial charge in [-0.15, -0.1) is 0 Å². The van der Waals surface area contributed by atoms with Gasteiger partial charge in [-0.3, -0.25) is 4.79 Å². The van der Waals surface area contributed by atoms with E-state index in [1.807, 2.05) is 13.8 Å². The number of ether oxygens (including phenoxy) is 2. The Morgan fingerprint density at radius 1 is 1.11 bits per heavy atom. The number of aliphatic hydroxyl groups excluding tert-OH is 6. The molecule has 0 aromatic rings. The first-order valence-corrected chi connectivity index (χ1v) is 12.9. The van der Waals surface area contributed by atoms with Gasteiger partial charge in [0.1, 0.15) is 24.4 Å². The molecule has 0 aromatic carbocycles. The first-order valence-electron chi connectivity index (χ1n) is 12.9. The van der Waals surface area contributed by atoms with E-state index in [0.29, 0.717) is 18.8 Å². The minimum atomic E-state index is -1.62. The van der Waals surface area contributed by atoms with Crippen molar-refractivity contribution in [2.45, 2.75) is 103 Å². The zero-order valence-corrected chi connectivity index (χ0v) is 21.0. The lowest BCUT2D eigenvalue weighted by Gasteiger charge is -2.58. The molecule has 200 valence electrons. The maximum atomic E-state index is 13.6. The van der Waals surface area contributed by atoms with Crippen LogP contribution >= 0.6 is 0 Å². The molecule has 2 saturated carbocycles. The summed E-state index contributed by atoms with van der Waals surface area (Å²) in [7, 11) is 0. The molecular formula is C26H42O9. The third-order valence-corrected chi connectivity index (χ3v) is 9.85. The first kappa shape index (κ1) is 27.0. The number of carbonyl (C=O) groups excluding carboxylic acids is 1. The number of hydrogen-bond acceptors (Lipinski definition) is 9. The molecule has 1 heterocycles. The number of allylic oxidation sites excluding steroid dienone is 2. The van der Waals surface area contributed by atoms with Crippen LogP contribution in [-0.2, 0) is 14.3 Å². The van der Waals surface area contributed by atoms with E-state index in [1.165, 1.54) is 5.57 Å². The molecule has 0 spiro atoms. The van der Waals surface area contributed by atoms with E-state index < -0.39 is 54.8 Å². The molecule has 0 unspecified atom stereocenters. The highest BCUT2D eigenvalue weighted by Crippen LogP contribution is 2.64. The highest BCUT2D eigenvalue weighted by molar-refractivity contribution is 5.77. The quantitative estimate of drug-likeness (QED) is 0.236. The fourth-order valence-electron chi connectivity index (χ4n) is 7.59. The van der Waals surface area contributed by atoms with Crippen molar-refractivity contribution in [3.63, 3.8) is 0 Å². The Morgan fingerprint density at radius 2 is 1.83 bits per heavy atom. The van der Waals surface area contributed by atoms with Crippen molar-refractivity contribution in [3.8, 4) is 0 Å². The Morgan fingerprint density at radius 3 is 2.49 bits per heavy atom. The number of fused-ring (bicyclic) bond motifs is 3. The highest BCUT2D eigenvalue weighted by Gasteiger charge is 2.59. The van der Waals surface area contributed by atoms with Crippen molar-refractivity contribution in [2.75, 3.05) is 13.2 Å². The third-order valence-electron chi connectivity index (χ3n) is 9.85. The summed E-state index contributed by atoms with van der Waals surface area (Å²) in [6.07, 6.45) is -0.325. The van der Waals surface area contributed by atoms with Crippen LogP contribution in [0.1, 0.15) is 65.7 Å². The second-order valence-electron chi connectivity index (χ2n) is 12.0. The largest absolute Gasteiger partial charge is 0.432 e. The fraction of sp³-hybridized carbons (Fsp3) is 0.885. The van der Waals surface area contributed by atoms with Gasteiger partial charge in [0.05, 0.1) is 24.7 Å². The number of rotatable bonds is 5. The first-order chi connectivity index (χ1) is 16.4. The zero-order chi connectivity index (χ0) is 25.8. The van der Waals surface area contributed by atoms with E-state index >= 15 is 0 Å². The molecular weight excluding hydrogens is 456 g/mol. The standard InChI is InChI=1S/C26H42O9/c1-24(18(29)13-28)10-7-15-14(11-24)5-6-17-25(15,2)8-4-9-26(17,3)23(33)35-22-21(32)20(31)19(30)16(12-27)34-22/h7,14,16-22,27-32H,4-6,8-13H2,1-3H3/t14-,16+,17-,18+,19-,20-,21+,22-,24+,25-,26-/m0/s1. The van der Waals surface area contributed by atoms with E-state index in [2.05, 4.69) is 13.0 Å². The minimum absolute atomic E-state index is 0.00996. The Kier molecular flexibility index (Phi) is 7.45. The molecule has 1 aliphatic heterocycles. The number of carbonyl (C=O) groups is 1. The zero-order valence-electron chi connectivity index (χ0n) is 21.0. The van der Waals surface area contributed by atoms with Gasteiger partial charge in [-0.05, 0) is 68.1 Å². The number of hydrogen-bond donors (Lipinski definition) is 6. The van der Waals surface area contributed by atoms with Crippen LogP contribution in [0, 0.1) is 28.1 Å². The summed E-state index contributed by atoms with van der Waals surface area (Å²) in [4.78, 5) is 13.6. The van der Waals surface area contributed by atoms with E-state index in [4.69, 9.17) is 9.47 Å². The second-order valence-corrected chi connectivity index (χ2v) is 12.0. The average molecular weight is 499 g/mol. The second kappa shape index (κ2) is 9.67. The molecule has 3 fully saturated rings. The van der Waals surface area contributed by atoms with Gasteiger partial charge in [-0.25, -0.2) is 0 Å². The van der Waals surface area contributed by atoms with Crippen LogP contribution < -0.4 is 0 Å². The Labute approximate surface area is 206 Å². The van der Waals surface area contributed by atoms with Crippen LogP contribution in [0.3, 0.4) is 0 Å². The molecule has 0 bridgehead atoms. The van der Waals surface area contributed by atoms with E-state index in [9.17, 15) is 35.4 Å². The van der Waals surface area contributed by atoms with Gasteiger partial charge in [0.2, 0.25) is 6.29 Å². The molecule has 1 saturated heterocycles.